The van der Waals surface area contributed by atoms with Crippen molar-refractivity contribution in [2.45, 2.75) is 58.4 Å². The van der Waals surface area contributed by atoms with E-state index in [9.17, 15) is 0 Å². The van der Waals surface area contributed by atoms with Crippen LogP contribution in [0.3, 0.4) is 0 Å². The molecule has 2 aromatic carbocycles. The lowest BCUT2D eigenvalue weighted by Gasteiger charge is -2.32. The molecule has 0 amide bonds. The van der Waals surface area contributed by atoms with Gasteiger partial charge in [-0.1, -0.05) is 68.4 Å². The van der Waals surface area contributed by atoms with E-state index in [0.717, 1.165) is 12.5 Å². The third-order valence-corrected chi connectivity index (χ3v) is 5.95. The molecule has 28 heavy (non-hydrogen) atoms. The Balaban J connectivity index is 1.32. The van der Waals surface area contributed by atoms with Gasteiger partial charge in [0, 0.05) is 12.6 Å². The van der Waals surface area contributed by atoms with Gasteiger partial charge >= 0.3 is 0 Å². The summed E-state index contributed by atoms with van der Waals surface area (Å²) in [5.41, 5.74) is 4.56. The van der Waals surface area contributed by atoms with Crippen molar-refractivity contribution in [2.75, 3.05) is 26.2 Å². The van der Waals surface area contributed by atoms with Crippen LogP contribution in [0.25, 0.3) is 0 Å². The zero-order valence-electron chi connectivity index (χ0n) is 17.9. The van der Waals surface area contributed by atoms with Crippen molar-refractivity contribution in [1.82, 2.24) is 10.2 Å². The van der Waals surface area contributed by atoms with Crippen LogP contribution in [0.4, 0.5) is 0 Å². The quantitative estimate of drug-likeness (QED) is 0.578. The summed E-state index contributed by atoms with van der Waals surface area (Å²) in [4.78, 5) is 2.66. The minimum absolute atomic E-state index is 0.709. The van der Waals surface area contributed by atoms with E-state index in [-0.39, 0.29) is 0 Å². The maximum absolute atomic E-state index is 3.79. The molecule has 2 heteroatoms. The van der Waals surface area contributed by atoms with Gasteiger partial charge in [0.15, 0.2) is 0 Å². The molecule has 3 rings (SSSR count). The summed E-state index contributed by atoms with van der Waals surface area (Å²) >= 11 is 0. The van der Waals surface area contributed by atoms with E-state index in [4.69, 9.17) is 0 Å². The van der Waals surface area contributed by atoms with E-state index in [1.165, 1.54) is 63.7 Å². The molecule has 2 nitrogen and oxygen atoms in total. The molecule has 1 heterocycles. The van der Waals surface area contributed by atoms with Crippen molar-refractivity contribution < 1.29 is 0 Å². The number of rotatable bonds is 10. The maximum Gasteiger partial charge on any atom is 0.00914 e. The van der Waals surface area contributed by atoms with E-state index >= 15 is 0 Å². The molecule has 0 spiro atoms. The van der Waals surface area contributed by atoms with Gasteiger partial charge in [-0.25, -0.2) is 0 Å². The van der Waals surface area contributed by atoms with Gasteiger partial charge in [0.1, 0.15) is 0 Å². The van der Waals surface area contributed by atoms with Crippen LogP contribution in [-0.4, -0.2) is 37.1 Å². The topological polar surface area (TPSA) is 15.3 Å². The van der Waals surface area contributed by atoms with Crippen LogP contribution in [0.5, 0.6) is 0 Å². The van der Waals surface area contributed by atoms with Crippen molar-refractivity contribution in [3.63, 3.8) is 0 Å². The van der Waals surface area contributed by atoms with Crippen LogP contribution in [0.1, 0.15) is 49.8 Å². The maximum atomic E-state index is 3.79. The fourth-order valence-corrected chi connectivity index (χ4v) is 4.32. The summed E-state index contributed by atoms with van der Waals surface area (Å²) in [5.74, 6) is 0.727. The third kappa shape index (κ3) is 7.07. The summed E-state index contributed by atoms with van der Waals surface area (Å²) in [6.07, 6.45) is 7.39. The van der Waals surface area contributed by atoms with Crippen molar-refractivity contribution in [3.05, 3.63) is 71.3 Å². The number of benzene rings is 2. The largest absolute Gasteiger partial charge is 0.314 e. The van der Waals surface area contributed by atoms with Crippen LogP contribution in [0.2, 0.25) is 0 Å². The SMILES string of the molecule is CC(C)Cc1ccccc1CCN1CCC(NCCCc2ccccc2)CC1. The number of hydrogen-bond donors (Lipinski definition) is 1. The number of hydrogen-bond acceptors (Lipinski definition) is 2. The lowest BCUT2D eigenvalue weighted by atomic mass is 9.96. The number of aryl methyl sites for hydroxylation is 1. The summed E-state index contributed by atoms with van der Waals surface area (Å²) in [6, 6.07) is 20.6. The first kappa shape index (κ1) is 21.1. The predicted octanol–water partition coefficient (Wildman–Crippen LogP) is 5.11. The molecular formula is C26H38N2. The molecule has 0 saturated carbocycles. The van der Waals surface area contributed by atoms with Gasteiger partial charge in [-0.3, -0.25) is 0 Å². The Kier molecular flexibility index (Phi) is 8.57. The molecular weight excluding hydrogens is 340 g/mol. The van der Waals surface area contributed by atoms with Gasteiger partial charge in [-0.15, -0.1) is 0 Å². The zero-order valence-corrected chi connectivity index (χ0v) is 17.9. The third-order valence-electron chi connectivity index (χ3n) is 5.95. The van der Waals surface area contributed by atoms with E-state index in [2.05, 4.69) is 78.7 Å². The first-order chi connectivity index (χ1) is 13.7. The van der Waals surface area contributed by atoms with Crippen LogP contribution in [0.15, 0.2) is 54.6 Å². The number of piperidine rings is 1. The standard InChI is InChI=1S/C26H38N2/c1-22(2)21-25-13-7-6-12-24(25)14-18-28-19-15-26(16-20-28)27-17-8-11-23-9-4-3-5-10-23/h3-7,9-10,12-13,22,26-27H,8,11,14-21H2,1-2H3. The monoisotopic (exact) mass is 378 g/mol. The van der Waals surface area contributed by atoms with Gasteiger partial charge in [0.2, 0.25) is 0 Å². The molecule has 1 fully saturated rings. The second kappa shape index (κ2) is 11.4. The minimum atomic E-state index is 0.709. The average molecular weight is 379 g/mol. The van der Waals surface area contributed by atoms with Gasteiger partial charge in [0.25, 0.3) is 0 Å². The first-order valence-electron chi connectivity index (χ1n) is 11.3. The Bertz CT molecular complexity index is 672. The Morgan fingerprint density at radius 1 is 0.893 bits per heavy atom. The van der Waals surface area contributed by atoms with Crippen molar-refractivity contribution in [3.8, 4) is 0 Å². The second-order valence-corrected chi connectivity index (χ2v) is 8.78. The molecule has 2 aromatic rings. The number of nitrogens with zero attached hydrogens (tertiary/aromatic N) is 1. The van der Waals surface area contributed by atoms with Gasteiger partial charge in [0.05, 0.1) is 0 Å². The van der Waals surface area contributed by atoms with E-state index < -0.39 is 0 Å². The fourth-order valence-electron chi connectivity index (χ4n) is 4.32. The summed E-state index contributed by atoms with van der Waals surface area (Å²) in [7, 11) is 0. The van der Waals surface area contributed by atoms with Gasteiger partial charge in [-0.05, 0) is 80.8 Å². The predicted molar refractivity (Wildman–Crippen MR) is 121 cm³/mol. The normalized spacial score (nSPS) is 16.0. The molecule has 0 aromatic heterocycles. The Hall–Kier alpha value is -1.64. The average Bonchev–Trinajstić information content (AvgIpc) is 2.72. The van der Waals surface area contributed by atoms with Crippen LogP contribution < -0.4 is 5.32 Å². The number of likely N-dealkylation sites (tertiary alicyclic amines) is 1. The second-order valence-electron chi connectivity index (χ2n) is 8.78. The van der Waals surface area contributed by atoms with E-state index in [0.29, 0.717) is 6.04 Å². The molecule has 0 bridgehead atoms. The summed E-state index contributed by atoms with van der Waals surface area (Å²) < 4.78 is 0. The molecule has 0 atom stereocenters. The Morgan fingerprint density at radius 2 is 1.57 bits per heavy atom. The highest BCUT2D eigenvalue weighted by atomic mass is 15.1. The van der Waals surface area contributed by atoms with Crippen LogP contribution in [-0.2, 0) is 19.3 Å². The van der Waals surface area contributed by atoms with Crippen LogP contribution >= 0.6 is 0 Å². The Labute approximate surface area is 172 Å². The molecule has 1 aliphatic rings. The summed E-state index contributed by atoms with van der Waals surface area (Å²) in [6.45, 7) is 9.45. The molecule has 0 radical (unpaired) electrons. The molecule has 1 aliphatic heterocycles. The lowest BCUT2D eigenvalue weighted by Crippen LogP contribution is -2.43. The summed E-state index contributed by atoms with van der Waals surface area (Å²) in [5, 5.41) is 3.79. The molecule has 1 saturated heterocycles. The minimum Gasteiger partial charge on any atom is -0.314 e. The van der Waals surface area contributed by atoms with Gasteiger partial charge < -0.3 is 10.2 Å². The van der Waals surface area contributed by atoms with Gasteiger partial charge in [-0.2, -0.15) is 0 Å². The van der Waals surface area contributed by atoms with Crippen molar-refractivity contribution in [1.29, 1.82) is 0 Å². The van der Waals surface area contributed by atoms with Crippen molar-refractivity contribution in [2.24, 2.45) is 5.92 Å². The lowest BCUT2D eigenvalue weighted by molar-refractivity contribution is 0.199. The zero-order chi connectivity index (χ0) is 19.6. The van der Waals surface area contributed by atoms with Crippen molar-refractivity contribution >= 4 is 0 Å². The number of nitrogens with one attached hydrogen (secondary N) is 1. The first-order valence-corrected chi connectivity index (χ1v) is 11.3. The molecule has 152 valence electrons. The highest BCUT2D eigenvalue weighted by Crippen LogP contribution is 2.17. The highest BCUT2D eigenvalue weighted by molar-refractivity contribution is 5.27. The fraction of sp³-hybridized carbons (Fsp3) is 0.538. The molecule has 0 aliphatic carbocycles. The van der Waals surface area contributed by atoms with Crippen LogP contribution in [0, 0.1) is 5.92 Å². The molecule has 0 unspecified atom stereocenters. The molecule has 1 N–H and O–H groups in total. The highest BCUT2D eigenvalue weighted by Gasteiger charge is 2.18. The van der Waals surface area contributed by atoms with E-state index in [1.54, 1.807) is 11.1 Å². The smallest absolute Gasteiger partial charge is 0.00914 e. The van der Waals surface area contributed by atoms with E-state index in [1.807, 2.05) is 0 Å². The Morgan fingerprint density at radius 3 is 2.29 bits per heavy atom.